The zero-order valence-electron chi connectivity index (χ0n) is 13.9. The van der Waals surface area contributed by atoms with E-state index in [9.17, 15) is 13.2 Å². The number of nitrogens with zero attached hydrogens (tertiary/aromatic N) is 1. The standard InChI is InChI=1S/C21H20F3N/c22-21(23,24)19-8-4-3-7-18(19)17-10-9-16-11-12-25(20(16)13-17)14-15-5-1-2-6-15/h3-4,7-13,15H,1-2,5-6,14H2. The zero-order chi connectivity index (χ0) is 17.4. The van der Waals surface area contributed by atoms with Crippen LogP contribution in [0.5, 0.6) is 0 Å². The maximum Gasteiger partial charge on any atom is 0.417 e. The van der Waals surface area contributed by atoms with E-state index in [-0.39, 0.29) is 5.56 Å². The number of hydrogen-bond acceptors (Lipinski definition) is 0. The second-order valence-electron chi connectivity index (χ2n) is 6.94. The van der Waals surface area contributed by atoms with Crippen molar-refractivity contribution in [3.8, 4) is 11.1 Å². The first kappa shape index (κ1) is 16.2. The second-order valence-corrected chi connectivity index (χ2v) is 6.94. The molecule has 3 aromatic rings. The van der Waals surface area contributed by atoms with Crippen LogP contribution in [0.1, 0.15) is 31.2 Å². The summed E-state index contributed by atoms with van der Waals surface area (Å²) in [5.41, 5.74) is 1.29. The molecule has 0 aliphatic heterocycles. The summed E-state index contributed by atoms with van der Waals surface area (Å²) >= 11 is 0. The number of rotatable bonds is 3. The van der Waals surface area contributed by atoms with Gasteiger partial charge in [-0.15, -0.1) is 0 Å². The van der Waals surface area contributed by atoms with Gasteiger partial charge in [0.1, 0.15) is 0 Å². The second kappa shape index (κ2) is 6.25. The van der Waals surface area contributed by atoms with Gasteiger partial charge < -0.3 is 4.57 Å². The normalized spacial score (nSPS) is 16.0. The van der Waals surface area contributed by atoms with E-state index >= 15 is 0 Å². The van der Waals surface area contributed by atoms with Crippen molar-refractivity contribution in [1.29, 1.82) is 0 Å². The third kappa shape index (κ3) is 3.17. The highest BCUT2D eigenvalue weighted by atomic mass is 19.4. The van der Waals surface area contributed by atoms with E-state index in [2.05, 4.69) is 10.8 Å². The van der Waals surface area contributed by atoms with Crippen molar-refractivity contribution in [2.45, 2.75) is 38.4 Å². The van der Waals surface area contributed by atoms with Crippen molar-refractivity contribution in [2.24, 2.45) is 5.92 Å². The molecule has 1 aliphatic carbocycles. The monoisotopic (exact) mass is 343 g/mol. The van der Waals surface area contributed by atoms with E-state index in [1.807, 2.05) is 18.2 Å². The first-order valence-electron chi connectivity index (χ1n) is 8.78. The number of benzene rings is 2. The molecule has 0 bridgehead atoms. The van der Waals surface area contributed by atoms with E-state index in [1.165, 1.54) is 31.7 Å². The minimum absolute atomic E-state index is 0.241. The van der Waals surface area contributed by atoms with E-state index in [4.69, 9.17) is 0 Å². The van der Waals surface area contributed by atoms with Gasteiger partial charge in [-0.3, -0.25) is 0 Å². The summed E-state index contributed by atoms with van der Waals surface area (Å²) in [5, 5.41) is 1.08. The lowest BCUT2D eigenvalue weighted by Gasteiger charge is -2.14. The molecular formula is C21H20F3N. The largest absolute Gasteiger partial charge is 0.417 e. The summed E-state index contributed by atoms with van der Waals surface area (Å²) in [5.74, 6) is 0.682. The van der Waals surface area contributed by atoms with Crippen LogP contribution in [0, 0.1) is 5.92 Å². The maximum atomic E-state index is 13.3. The summed E-state index contributed by atoms with van der Waals surface area (Å²) in [6.07, 6.45) is 2.77. The van der Waals surface area contributed by atoms with Gasteiger partial charge in [0.05, 0.1) is 5.56 Å². The fraction of sp³-hybridized carbons (Fsp3) is 0.333. The lowest BCUT2D eigenvalue weighted by atomic mass is 9.98. The van der Waals surface area contributed by atoms with Gasteiger partial charge in [0.2, 0.25) is 0 Å². The predicted octanol–water partition coefficient (Wildman–Crippen LogP) is 6.52. The van der Waals surface area contributed by atoms with Gasteiger partial charge in [0, 0.05) is 18.3 Å². The van der Waals surface area contributed by atoms with Gasteiger partial charge >= 0.3 is 6.18 Å². The van der Waals surface area contributed by atoms with Crippen LogP contribution >= 0.6 is 0 Å². The number of aromatic nitrogens is 1. The van der Waals surface area contributed by atoms with Gasteiger partial charge in [-0.1, -0.05) is 43.2 Å². The van der Waals surface area contributed by atoms with Crippen molar-refractivity contribution < 1.29 is 13.2 Å². The van der Waals surface area contributed by atoms with Crippen LogP contribution in [-0.2, 0) is 12.7 Å². The van der Waals surface area contributed by atoms with Gasteiger partial charge in [0.25, 0.3) is 0 Å². The van der Waals surface area contributed by atoms with Crippen molar-refractivity contribution in [2.75, 3.05) is 0 Å². The first-order chi connectivity index (χ1) is 12.0. The smallest absolute Gasteiger partial charge is 0.347 e. The Morgan fingerprint density at radius 1 is 0.960 bits per heavy atom. The third-order valence-electron chi connectivity index (χ3n) is 5.25. The Hall–Kier alpha value is -2.23. The molecule has 0 atom stereocenters. The highest BCUT2D eigenvalue weighted by Gasteiger charge is 2.33. The fourth-order valence-corrected chi connectivity index (χ4v) is 3.96. The van der Waals surface area contributed by atoms with Crippen LogP contribution in [0.4, 0.5) is 13.2 Å². The molecule has 0 saturated heterocycles. The lowest BCUT2D eigenvalue weighted by Crippen LogP contribution is -2.07. The Morgan fingerprint density at radius 3 is 2.48 bits per heavy atom. The molecule has 1 heterocycles. The minimum atomic E-state index is -4.35. The molecule has 0 spiro atoms. The molecule has 1 saturated carbocycles. The quantitative estimate of drug-likeness (QED) is 0.510. The molecule has 1 aromatic heterocycles. The average Bonchev–Trinajstić information content (AvgIpc) is 3.24. The first-order valence-corrected chi connectivity index (χ1v) is 8.78. The average molecular weight is 343 g/mol. The van der Waals surface area contributed by atoms with E-state index in [0.717, 1.165) is 23.5 Å². The molecule has 1 aliphatic rings. The lowest BCUT2D eigenvalue weighted by molar-refractivity contribution is -0.137. The molecule has 0 unspecified atom stereocenters. The molecule has 2 aromatic carbocycles. The van der Waals surface area contributed by atoms with Crippen molar-refractivity contribution >= 4 is 10.9 Å². The molecule has 1 fully saturated rings. The predicted molar refractivity (Wildman–Crippen MR) is 94.3 cm³/mol. The number of alkyl halides is 3. The Bertz CT molecular complexity index is 886. The molecular weight excluding hydrogens is 323 g/mol. The Labute approximate surface area is 145 Å². The van der Waals surface area contributed by atoms with Crippen molar-refractivity contribution in [3.05, 3.63) is 60.3 Å². The van der Waals surface area contributed by atoms with Gasteiger partial charge in [-0.05, 0) is 53.5 Å². The SMILES string of the molecule is FC(F)(F)c1ccccc1-c1ccc2ccn(CC3CCCC3)c2c1. The number of halogens is 3. The van der Waals surface area contributed by atoms with Crippen molar-refractivity contribution in [3.63, 3.8) is 0 Å². The molecule has 0 N–H and O–H groups in total. The molecule has 0 radical (unpaired) electrons. The molecule has 130 valence electrons. The van der Waals surface area contributed by atoms with E-state index in [0.29, 0.717) is 11.5 Å². The number of fused-ring (bicyclic) bond motifs is 1. The zero-order valence-corrected chi connectivity index (χ0v) is 13.9. The Kier molecular flexibility index (Phi) is 4.06. The minimum Gasteiger partial charge on any atom is -0.347 e. The highest BCUT2D eigenvalue weighted by molar-refractivity contribution is 5.86. The van der Waals surface area contributed by atoms with Crippen LogP contribution in [0.25, 0.3) is 22.0 Å². The van der Waals surface area contributed by atoms with Crippen molar-refractivity contribution in [1.82, 2.24) is 4.57 Å². The van der Waals surface area contributed by atoms with Crippen LogP contribution < -0.4 is 0 Å². The summed E-state index contributed by atoms with van der Waals surface area (Å²) in [6.45, 7) is 0.952. The van der Waals surface area contributed by atoms with Crippen LogP contribution in [0.3, 0.4) is 0 Å². The Balaban J connectivity index is 1.76. The van der Waals surface area contributed by atoms with E-state index in [1.54, 1.807) is 18.2 Å². The third-order valence-corrected chi connectivity index (χ3v) is 5.25. The summed E-state index contributed by atoms with van der Waals surface area (Å²) in [6, 6.07) is 13.4. The highest BCUT2D eigenvalue weighted by Crippen LogP contribution is 2.38. The van der Waals surface area contributed by atoms with Gasteiger partial charge in [0.15, 0.2) is 0 Å². The molecule has 0 amide bonds. The van der Waals surface area contributed by atoms with E-state index < -0.39 is 11.7 Å². The van der Waals surface area contributed by atoms with Crippen LogP contribution in [-0.4, -0.2) is 4.57 Å². The van der Waals surface area contributed by atoms with Crippen LogP contribution in [0.15, 0.2) is 54.7 Å². The molecule has 1 nitrogen and oxygen atoms in total. The summed E-state index contributed by atoms with van der Waals surface area (Å²) in [4.78, 5) is 0. The van der Waals surface area contributed by atoms with Crippen LogP contribution in [0.2, 0.25) is 0 Å². The molecule has 4 heteroatoms. The van der Waals surface area contributed by atoms with Gasteiger partial charge in [-0.25, -0.2) is 0 Å². The molecule has 25 heavy (non-hydrogen) atoms. The molecule has 4 rings (SSSR count). The van der Waals surface area contributed by atoms with Gasteiger partial charge in [-0.2, -0.15) is 13.2 Å². The Morgan fingerprint density at radius 2 is 1.72 bits per heavy atom. The fourth-order valence-electron chi connectivity index (χ4n) is 3.96. The summed E-state index contributed by atoms with van der Waals surface area (Å²) in [7, 11) is 0. The summed E-state index contributed by atoms with van der Waals surface area (Å²) < 4.78 is 42.2. The topological polar surface area (TPSA) is 4.93 Å². The maximum absolute atomic E-state index is 13.3. The number of hydrogen-bond donors (Lipinski definition) is 0.